The Morgan fingerprint density at radius 2 is 1.65 bits per heavy atom. The number of hydrazone groups is 1. The third-order valence-corrected chi connectivity index (χ3v) is 2.68. The second-order valence-electron chi connectivity index (χ2n) is 3.73. The Kier molecular flexibility index (Phi) is 1.85. The molecular weight excluding hydrogens is 222 g/mol. The molecule has 0 radical (unpaired) electrons. The van der Waals surface area contributed by atoms with Crippen molar-refractivity contribution in [3.8, 4) is 0 Å². The number of benzene rings is 1. The van der Waals surface area contributed by atoms with Crippen LogP contribution in [0, 0.1) is 0 Å². The molecule has 0 spiro atoms. The Hall–Kier alpha value is -2.50. The van der Waals surface area contributed by atoms with Gasteiger partial charge < -0.3 is 0 Å². The highest BCUT2D eigenvalue weighted by Gasteiger charge is 2.40. The second-order valence-corrected chi connectivity index (χ2v) is 3.73. The van der Waals surface area contributed by atoms with Gasteiger partial charge in [-0.25, -0.2) is 10.3 Å². The van der Waals surface area contributed by atoms with Crippen LogP contribution in [0.5, 0.6) is 0 Å². The highest BCUT2D eigenvalue weighted by molar-refractivity contribution is 6.31. The van der Waals surface area contributed by atoms with Crippen molar-refractivity contribution < 1.29 is 14.4 Å². The molecule has 2 aliphatic rings. The molecule has 0 saturated heterocycles. The van der Waals surface area contributed by atoms with E-state index in [0.717, 1.165) is 4.90 Å². The zero-order valence-corrected chi connectivity index (χ0v) is 8.64. The highest BCUT2D eigenvalue weighted by Crippen LogP contribution is 2.24. The van der Waals surface area contributed by atoms with Gasteiger partial charge in [0, 0.05) is 0 Å². The van der Waals surface area contributed by atoms with Crippen LogP contribution in [0.3, 0.4) is 0 Å². The molecule has 17 heavy (non-hydrogen) atoms. The molecule has 1 aromatic carbocycles. The maximum absolute atomic E-state index is 12.0. The van der Waals surface area contributed by atoms with Crippen molar-refractivity contribution >= 4 is 23.6 Å². The van der Waals surface area contributed by atoms with E-state index in [2.05, 4.69) is 10.5 Å². The molecule has 2 aliphatic heterocycles. The average molecular weight is 229 g/mol. The maximum Gasteiger partial charge on any atom is 0.267 e. The molecule has 0 fully saturated rings. The van der Waals surface area contributed by atoms with Crippen molar-refractivity contribution in [3.05, 3.63) is 35.4 Å². The van der Waals surface area contributed by atoms with Crippen LogP contribution in [-0.2, 0) is 4.79 Å². The van der Waals surface area contributed by atoms with Gasteiger partial charge in [0.1, 0.15) is 5.84 Å². The summed E-state index contributed by atoms with van der Waals surface area (Å²) in [4.78, 5) is 35.9. The van der Waals surface area contributed by atoms with Gasteiger partial charge >= 0.3 is 0 Å². The van der Waals surface area contributed by atoms with Crippen LogP contribution in [0.15, 0.2) is 29.4 Å². The van der Waals surface area contributed by atoms with E-state index in [1.54, 1.807) is 24.3 Å². The quantitative estimate of drug-likeness (QED) is 0.641. The molecule has 84 valence electrons. The Balaban J connectivity index is 2.04. The Labute approximate surface area is 95.9 Å². The lowest BCUT2D eigenvalue weighted by atomic mass is 10.1. The first-order valence-corrected chi connectivity index (χ1v) is 5.01. The van der Waals surface area contributed by atoms with Gasteiger partial charge in [0.2, 0.25) is 5.91 Å². The van der Waals surface area contributed by atoms with Crippen molar-refractivity contribution in [1.29, 1.82) is 0 Å². The molecule has 0 atom stereocenters. The zero-order chi connectivity index (χ0) is 12.0. The highest BCUT2D eigenvalue weighted by atomic mass is 16.2. The first kappa shape index (κ1) is 9.71. The maximum atomic E-state index is 12.0. The Morgan fingerprint density at radius 1 is 1.06 bits per heavy atom. The number of fused-ring (bicyclic) bond motifs is 1. The molecule has 0 aliphatic carbocycles. The molecule has 3 amide bonds. The van der Waals surface area contributed by atoms with Crippen molar-refractivity contribution in [2.75, 3.05) is 0 Å². The molecule has 1 aromatic rings. The van der Waals surface area contributed by atoms with Crippen molar-refractivity contribution in [3.63, 3.8) is 0 Å². The van der Waals surface area contributed by atoms with Crippen LogP contribution in [0.25, 0.3) is 0 Å². The first-order chi connectivity index (χ1) is 8.18. The number of amides is 3. The predicted octanol–water partition coefficient (Wildman–Crippen LogP) is 0.116. The lowest BCUT2D eigenvalue weighted by Crippen LogP contribution is -2.35. The number of amidine groups is 1. The van der Waals surface area contributed by atoms with Gasteiger partial charge in [-0.1, -0.05) is 12.1 Å². The van der Waals surface area contributed by atoms with Crippen LogP contribution in [0.1, 0.15) is 27.1 Å². The molecule has 6 nitrogen and oxygen atoms in total. The number of imide groups is 1. The van der Waals surface area contributed by atoms with Gasteiger partial charge in [-0.15, -0.1) is 0 Å². The molecule has 6 heteroatoms. The van der Waals surface area contributed by atoms with Gasteiger partial charge in [0.15, 0.2) is 0 Å². The van der Waals surface area contributed by atoms with E-state index in [1.807, 2.05) is 0 Å². The molecule has 0 bridgehead atoms. The minimum absolute atomic E-state index is 0.0501. The molecule has 3 rings (SSSR count). The zero-order valence-electron chi connectivity index (χ0n) is 8.64. The minimum atomic E-state index is -0.430. The summed E-state index contributed by atoms with van der Waals surface area (Å²) in [7, 11) is 0. The molecule has 0 saturated carbocycles. The fourth-order valence-electron chi connectivity index (χ4n) is 1.90. The standard InChI is InChI=1S/C11H7N3O3/c15-9-5-8(12-13-9)14-10(16)6-3-1-2-4-7(6)11(14)17/h1-4H,5H2,(H,13,15). The number of carbonyl (C=O) groups is 3. The number of carbonyl (C=O) groups excluding carboxylic acids is 3. The molecule has 0 aromatic heterocycles. The molecule has 2 heterocycles. The van der Waals surface area contributed by atoms with Crippen LogP contribution < -0.4 is 5.43 Å². The van der Waals surface area contributed by atoms with E-state index >= 15 is 0 Å². The predicted molar refractivity (Wildman–Crippen MR) is 57.1 cm³/mol. The second kappa shape index (κ2) is 3.24. The van der Waals surface area contributed by atoms with E-state index in [4.69, 9.17) is 0 Å². The summed E-state index contributed by atoms with van der Waals surface area (Å²) < 4.78 is 0. The number of rotatable bonds is 0. The smallest absolute Gasteiger partial charge is 0.267 e. The topological polar surface area (TPSA) is 78.8 Å². The summed E-state index contributed by atoms with van der Waals surface area (Å²) >= 11 is 0. The van der Waals surface area contributed by atoms with Crippen molar-refractivity contribution in [2.45, 2.75) is 6.42 Å². The third-order valence-electron chi connectivity index (χ3n) is 2.68. The van der Waals surface area contributed by atoms with Crippen molar-refractivity contribution in [2.24, 2.45) is 5.10 Å². The van der Waals surface area contributed by atoms with Crippen LogP contribution in [0.4, 0.5) is 0 Å². The van der Waals surface area contributed by atoms with Gasteiger partial charge in [-0.05, 0) is 12.1 Å². The number of hydrogen-bond donors (Lipinski definition) is 1. The number of hydrogen-bond acceptors (Lipinski definition) is 4. The monoisotopic (exact) mass is 229 g/mol. The van der Waals surface area contributed by atoms with Gasteiger partial charge in [0.25, 0.3) is 11.8 Å². The van der Waals surface area contributed by atoms with Gasteiger partial charge in [-0.3, -0.25) is 14.4 Å². The van der Waals surface area contributed by atoms with Crippen LogP contribution >= 0.6 is 0 Å². The normalized spacial score (nSPS) is 18.2. The minimum Gasteiger partial charge on any atom is -0.273 e. The van der Waals surface area contributed by atoms with Crippen LogP contribution in [0.2, 0.25) is 0 Å². The lowest BCUT2D eigenvalue weighted by molar-refractivity contribution is -0.119. The number of nitrogens with zero attached hydrogens (tertiary/aromatic N) is 2. The summed E-state index contributed by atoms with van der Waals surface area (Å²) in [6.07, 6.45) is -0.0501. The molecule has 1 N–H and O–H groups in total. The lowest BCUT2D eigenvalue weighted by Gasteiger charge is -2.10. The van der Waals surface area contributed by atoms with E-state index in [0.29, 0.717) is 11.1 Å². The fourth-order valence-corrected chi connectivity index (χ4v) is 1.90. The summed E-state index contributed by atoms with van der Waals surface area (Å²) in [5, 5.41) is 3.68. The van der Waals surface area contributed by atoms with E-state index < -0.39 is 11.8 Å². The summed E-state index contributed by atoms with van der Waals surface area (Å²) in [5.74, 6) is -1.03. The van der Waals surface area contributed by atoms with E-state index in [1.165, 1.54) is 0 Å². The van der Waals surface area contributed by atoms with Crippen LogP contribution in [-0.4, -0.2) is 28.5 Å². The SMILES string of the molecule is O=C1CC(N2C(=O)c3ccccc3C2=O)=NN1. The Morgan fingerprint density at radius 3 is 2.12 bits per heavy atom. The number of nitrogens with one attached hydrogen (secondary N) is 1. The van der Waals surface area contributed by atoms with Gasteiger partial charge in [-0.2, -0.15) is 5.10 Å². The summed E-state index contributed by atoms with van der Waals surface area (Å²) in [6.45, 7) is 0. The molecule has 0 unspecified atom stereocenters. The average Bonchev–Trinajstić information content (AvgIpc) is 2.84. The fraction of sp³-hybridized carbons (Fsp3) is 0.0909. The summed E-state index contributed by atoms with van der Waals surface area (Å²) in [5.41, 5.74) is 2.91. The first-order valence-electron chi connectivity index (χ1n) is 5.01. The summed E-state index contributed by atoms with van der Waals surface area (Å²) in [6, 6.07) is 6.54. The van der Waals surface area contributed by atoms with E-state index in [9.17, 15) is 14.4 Å². The van der Waals surface area contributed by atoms with Crippen molar-refractivity contribution in [1.82, 2.24) is 10.3 Å². The van der Waals surface area contributed by atoms with E-state index in [-0.39, 0.29) is 18.2 Å². The molecular formula is C11H7N3O3. The third kappa shape index (κ3) is 1.27. The Bertz CT molecular complexity index is 556. The van der Waals surface area contributed by atoms with Gasteiger partial charge in [0.05, 0.1) is 17.5 Å². The largest absolute Gasteiger partial charge is 0.273 e.